The molecule has 0 radical (unpaired) electrons. The molecule has 1 aromatic carbocycles. The van der Waals surface area contributed by atoms with Crippen LogP contribution < -0.4 is 0 Å². The van der Waals surface area contributed by atoms with E-state index < -0.39 is 0 Å². The van der Waals surface area contributed by atoms with Crippen LogP contribution in [0.1, 0.15) is 10.4 Å². The van der Waals surface area contributed by atoms with Crippen molar-refractivity contribution in [2.75, 3.05) is 0 Å². The molecule has 4 nitrogen and oxygen atoms in total. The van der Waals surface area contributed by atoms with Gasteiger partial charge in [-0.05, 0) is 41.4 Å². The number of pyridine rings is 1. The second-order valence-electron chi connectivity index (χ2n) is 5.41. The molecule has 0 N–H and O–H groups in total. The number of imide groups is 1. The molecule has 7 heteroatoms. The van der Waals surface area contributed by atoms with E-state index in [2.05, 4.69) is 4.98 Å². The zero-order valence-corrected chi connectivity index (χ0v) is 15.2. The molecule has 25 heavy (non-hydrogen) atoms. The van der Waals surface area contributed by atoms with E-state index in [-0.39, 0.29) is 17.7 Å². The molecular weight excluding hydrogens is 376 g/mol. The summed E-state index contributed by atoms with van der Waals surface area (Å²) in [6.07, 6.45) is 1.75. The van der Waals surface area contributed by atoms with Crippen molar-refractivity contribution in [1.29, 1.82) is 0 Å². The van der Waals surface area contributed by atoms with Crippen LogP contribution in [0.5, 0.6) is 0 Å². The van der Waals surface area contributed by atoms with Crippen LogP contribution in [0.4, 0.5) is 4.79 Å². The van der Waals surface area contributed by atoms with Gasteiger partial charge in [-0.25, -0.2) is 4.98 Å². The molecule has 0 spiro atoms. The maximum Gasteiger partial charge on any atom is 0.293 e. The highest BCUT2D eigenvalue weighted by Gasteiger charge is 2.35. The second-order valence-corrected chi connectivity index (χ2v) is 7.74. The lowest BCUT2D eigenvalue weighted by molar-refractivity contribution is -0.123. The lowest BCUT2D eigenvalue weighted by Crippen LogP contribution is -2.27. The summed E-state index contributed by atoms with van der Waals surface area (Å²) >= 11 is 8.72. The van der Waals surface area contributed by atoms with Crippen molar-refractivity contribution < 1.29 is 9.59 Å². The van der Waals surface area contributed by atoms with Gasteiger partial charge < -0.3 is 0 Å². The summed E-state index contributed by atoms with van der Waals surface area (Å²) in [5, 5.41) is 2.86. The number of nitrogens with zero attached hydrogens (tertiary/aromatic N) is 2. The zero-order valence-electron chi connectivity index (χ0n) is 12.8. The molecule has 1 fully saturated rings. The van der Waals surface area contributed by atoms with Crippen LogP contribution in [0.3, 0.4) is 0 Å². The molecule has 3 heterocycles. The summed E-state index contributed by atoms with van der Waals surface area (Å²) in [6, 6.07) is 13.3. The van der Waals surface area contributed by atoms with Crippen molar-refractivity contribution in [3.8, 4) is 0 Å². The van der Waals surface area contributed by atoms with Crippen molar-refractivity contribution in [2.24, 2.45) is 0 Å². The lowest BCUT2D eigenvalue weighted by atomic mass is 10.1. The number of fused-ring (bicyclic) bond motifs is 1. The largest absolute Gasteiger partial charge is 0.293 e. The minimum absolute atomic E-state index is 0.114. The quantitative estimate of drug-likeness (QED) is 0.459. The van der Waals surface area contributed by atoms with Gasteiger partial charge in [0.25, 0.3) is 11.1 Å². The number of halogens is 1. The van der Waals surface area contributed by atoms with E-state index in [4.69, 9.17) is 11.6 Å². The summed E-state index contributed by atoms with van der Waals surface area (Å²) in [7, 11) is 0. The van der Waals surface area contributed by atoms with Crippen LogP contribution in [-0.2, 0) is 11.3 Å². The van der Waals surface area contributed by atoms with Crippen molar-refractivity contribution in [2.45, 2.75) is 6.54 Å². The van der Waals surface area contributed by atoms with Gasteiger partial charge in [0.1, 0.15) is 5.15 Å². The van der Waals surface area contributed by atoms with Crippen LogP contribution >= 0.6 is 34.7 Å². The van der Waals surface area contributed by atoms with Gasteiger partial charge in [-0.3, -0.25) is 14.5 Å². The summed E-state index contributed by atoms with van der Waals surface area (Å²) in [5.74, 6) is -0.298. The molecule has 4 rings (SSSR count). The Morgan fingerprint density at radius 3 is 2.80 bits per heavy atom. The molecule has 3 aromatic rings. The van der Waals surface area contributed by atoms with Crippen LogP contribution in [-0.4, -0.2) is 21.0 Å². The minimum atomic E-state index is -0.298. The van der Waals surface area contributed by atoms with Crippen molar-refractivity contribution >= 4 is 62.8 Å². The van der Waals surface area contributed by atoms with Gasteiger partial charge in [-0.1, -0.05) is 35.9 Å². The molecule has 124 valence electrons. The Labute approximate surface area is 157 Å². The molecule has 0 saturated carbocycles. The van der Waals surface area contributed by atoms with E-state index in [1.807, 2.05) is 47.8 Å². The normalized spacial score (nSPS) is 16.4. The summed E-state index contributed by atoms with van der Waals surface area (Å²) in [4.78, 5) is 31.8. The smallest absolute Gasteiger partial charge is 0.268 e. The van der Waals surface area contributed by atoms with Crippen molar-refractivity contribution in [3.05, 3.63) is 68.3 Å². The van der Waals surface area contributed by atoms with Gasteiger partial charge in [-0.15, -0.1) is 11.3 Å². The second kappa shape index (κ2) is 6.63. The number of hydrogen-bond acceptors (Lipinski definition) is 5. The summed E-state index contributed by atoms with van der Waals surface area (Å²) < 4.78 is 0. The average molecular weight is 387 g/mol. The SMILES string of the molecule is O=C1S/C(=C\c2cccs2)C(=O)N1Cc1cc2ccccc2nc1Cl. The Morgan fingerprint density at radius 2 is 2.00 bits per heavy atom. The van der Waals surface area contributed by atoms with Crippen molar-refractivity contribution in [3.63, 3.8) is 0 Å². The molecule has 1 saturated heterocycles. The molecule has 0 bridgehead atoms. The fourth-order valence-corrected chi connectivity index (χ4v) is 4.32. The van der Waals surface area contributed by atoms with Gasteiger partial charge in [-0.2, -0.15) is 0 Å². The van der Waals surface area contributed by atoms with Crippen LogP contribution in [0.25, 0.3) is 17.0 Å². The van der Waals surface area contributed by atoms with E-state index in [0.717, 1.165) is 27.5 Å². The molecule has 0 aliphatic carbocycles. The number of carbonyl (C=O) groups is 2. The highest BCUT2D eigenvalue weighted by Crippen LogP contribution is 2.35. The fourth-order valence-electron chi connectivity index (χ4n) is 2.56. The monoisotopic (exact) mass is 386 g/mol. The van der Waals surface area contributed by atoms with Crippen LogP contribution in [0.15, 0.2) is 52.7 Å². The predicted molar refractivity (Wildman–Crippen MR) is 103 cm³/mol. The Hall–Kier alpha value is -2.15. The third kappa shape index (κ3) is 3.20. The predicted octanol–water partition coefficient (Wildman–Crippen LogP) is 5.19. The minimum Gasteiger partial charge on any atom is -0.268 e. The number of amides is 2. The standard InChI is InChI=1S/C18H11ClN2O2S2/c19-16-12(8-11-4-1-2-6-14(11)20-16)10-21-17(22)15(25-18(21)23)9-13-5-3-7-24-13/h1-9H,10H2/b15-9-. The number of thiophene rings is 1. The lowest BCUT2D eigenvalue weighted by Gasteiger charge is -2.14. The maximum absolute atomic E-state index is 12.6. The maximum atomic E-state index is 12.6. The van der Waals surface area contributed by atoms with Crippen LogP contribution in [0.2, 0.25) is 5.15 Å². The van der Waals surface area contributed by atoms with E-state index in [1.165, 1.54) is 16.2 Å². The van der Waals surface area contributed by atoms with Gasteiger partial charge >= 0.3 is 0 Å². The molecule has 1 aliphatic heterocycles. The van der Waals surface area contributed by atoms with Gasteiger partial charge in [0.15, 0.2) is 0 Å². The van der Waals surface area contributed by atoms with E-state index >= 15 is 0 Å². The molecule has 2 amide bonds. The number of aromatic nitrogens is 1. The third-order valence-corrected chi connectivity index (χ3v) is 5.82. The fraction of sp³-hybridized carbons (Fsp3) is 0.0556. The first-order valence-electron chi connectivity index (χ1n) is 7.45. The van der Waals surface area contributed by atoms with E-state index in [9.17, 15) is 9.59 Å². The highest BCUT2D eigenvalue weighted by atomic mass is 35.5. The number of para-hydroxylation sites is 1. The molecule has 0 atom stereocenters. The molecule has 2 aromatic heterocycles. The highest BCUT2D eigenvalue weighted by molar-refractivity contribution is 8.18. The zero-order chi connectivity index (χ0) is 17.4. The summed E-state index contributed by atoms with van der Waals surface area (Å²) in [5.41, 5.74) is 1.43. The first-order chi connectivity index (χ1) is 12.1. The number of carbonyl (C=O) groups excluding carboxylic acids is 2. The van der Waals surface area contributed by atoms with Crippen molar-refractivity contribution in [1.82, 2.24) is 9.88 Å². The number of benzene rings is 1. The number of rotatable bonds is 3. The number of thioether (sulfide) groups is 1. The van der Waals surface area contributed by atoms with Gasteiger partial charge in [0.2, 0.25) is 0 Å². The third-order valence-electron chi connectivity index (χ3n) is 3.77. The first-order valence-corrected chi connectivity index (χ1v) is 9.52. The van der Waals surface area contributed by atoms with Crippen LogP contribution in [0, 0.1) is 0 Å². The Bertz CT molecular complexity index is 1020. The molecule has 0 unspecified atom stereocenters. The Kier molecular flexibility index (Phi) is 4.33. The number of hydrogen-bond donors (Lipinski definition) is 0. The Morgan fingerprint density at radius 1 is 1.16 bits per heavy atom. The Balaban J connectivity index is 1.63. The van der Waals surface area contributed by atoms with E-state index in [0.29, 0.717) is 15.6 Å². The van der Waals surface area contributed by atoms with Gasteiger partial charge in [0.05, 0.1) is 17.0 Å². The summed E-state index contributed by atoms with van der Waals surface area (Å²) in [6.45, 7) is 0.114. The molecular formula is C18H11ClN2O2S2. The first kappa shape index (κ1) is 16.3. The van der Waals surface area contributed by atoms with Gasteiger partial charge in [0, 0.05) is 15.8 Å². The average Bonchev–Trinajstić information content (AvgIpc) is 3.19. The molecule has 1 aliphatic rings. The topological polar surface area (TPSA) is 50.3 Å². The van der Waals surface area contributed by atoms with E-state index in [1.54, 1.807) is 6.08 Å².